The van der Waals surface area contributed by atoms with Gasteiger partial charge < -0.3 is 5.32 Å². The second-order valence-corrected chi connectivity index (χ2v) is 5.52. The quantitative estimate of drug-likeness (QED) is 0.873. The molecule has 1 N–H and O–H groups in total. The fourth-order valence-corrected chi connectivity index (χ4v) is 3.07. The zero-order valence-electron chi connectivity index (χ0n) is 10.2. The summed E-state index contributed by atoms with van der Waals surface area (Å²) < 4.78 is 0. The number of nitrogens with zero attached hydrogens (tertiary/aromatic N) is 2. The van der Waals surface area contributed by atoms with Crippen molar-refractivity contribution in [2.75, 3.05) is 13.6 Å². The first-order valence-corrected chi connectivity index (χ1v) is 6.99. The summed E-state index contributed by atoms with van der Waals surface area (Å²) in [6.07, 6.45) is 4.08. The molecule has 2 heterocycles. The zero-order valence-corrected chi connectivity index (χ0v) is 11.0. The number of hydrogen-bond donors (Lipinski definition) is 1. The third-order valence-electron chi connectivity index (χ3n) is 3.24. The number of nitrogens with one attached hydrogen (secondary N) is 1. The van der Waals surface area contributed by atoms with Gasteiger partial charge in [-0.1, -0.05) is 6.42 Å². The second-order valence-electron chi connectivity index (χ2n) is 4.58. The van der Waals surface area contributed by atoms with Crippen LogP contribution in [0.5, 0.6) is 0 Å². The van der Waals surface area contributed by atoms with E-state index < -0.39 is 0 Å². The summed E-state index contributed by atoms with van der Waals surface area (Å²) in [7, 11) is 1.96. The summed E-state index contributed by atoms with van der Waals surface area (Å²) >= 11 is 1.79. The van der Waals surface area contributed by atoms with Gasteiger partial charge in [-0.25, -0.2) is 4.98 Å². The van der Waals surface area contributed by atoms with E-state index in [0.29, 0.717) is 0 Å². The molecule has 1 aromatic heterocycles. The van der Waals surface area contributed by atoms with Crippen LogP contribution in [0.4, 0.5) is 0 Å². The van der Waals surface area contributed by atoms with Crippen molar-refractivity contribution in [2.45, 2.75) is 45.3 Å². The average molecular weight is 239 g/mol. The first-order chi connectivity index (χ1) is 7.79. The molecule has 0 amide bonds. The van der Waals surface area contributed by atoms with Crippen molar-refractivity contribution in [3.05, 3.63) is 16.1 Å². The number of rotatable bonds is 4. The standard InChI is InChI=1S/C12H21N3S/c1-10-5-3-4-6-15(10)8-12-14-11(7-13-2)9-16-12/h9-10,13H,3-8H2,1-2H3. The Morgan fingerprint density at radius 1 is 1.56 bits per heavy atom. The molecule has 1 saturated heterocycles. The average Bonchev–Trinajstić information content (AvgIpc) is 2.70. The Bertz CT molecular complexity index is 324. The molecular weight excluding hydrogens is 218 g/mol. The predicted octanol–water partition coefficient (Wildman–Crippen LogP) is 2.24. The molecule has 4 heteroatoms. The van der Waals surface area contributed by atoms with E-state index >= 15 is 0 Å². The number of aromatic nitrogens is 1. The molecule has 1 fully saturated rings. The third-order valence-corrected chi connectivity index (χ3v) is 4.12. The monoisotopic (exact) mass is 239 g/mol. The van der Waals surface area contributed by atoms with Crippen LogP contribution in [0.2, 0.25) is 0 Å². The van der Waals surface area contributed by atoms with Gasteiger partial charge in [0, 0.05) is 18.0 Å². The fraction of sp³-hybridized carbons (Fsp3) is 0.750. The lowest BCUT2D eigenvalue weighted by Crippen LogP contribution is -2.36. The maximum Gasteiger partial charge on any atom is 0.107 e. The normalized spacial score (nSPS) is 22.5. The molecule has 0 aromatic carbocycles. The highest BCUT2D eigenvalue weighted by atomic mass is 32.1. The molecule has 1 aromatic rings. The highest BCUT2D eigenvalue weighted by Gasteiger charge is 2.19. The van der Waals surface area contributed by atoms with Crippen molar-refractivity contribution in [3.8, 4) is 0 Å². The molecule has 1 atom stereocenters. The van der Waals surface area contributed by atoms with Gasteiger partial charge in [-0.15, -0.1) is 11.3 Å². The van der Waals surface area contributed by atoms with E-state index in [9.17, 15) is 0 Å². The van der Waals surface area contributed by atoms with Crippen molar-refractivity contribution in [1.82, 2.24) is 15.2 Å². The first kappa shape index (κ1) is 12.0. The largest absolute Gasteiger partial charge is 0.314 e. The molecule has 0 spiro atoms. The van der Waals surface area contributed by atoms with Crippen LogP contribution in [0.15, 0.2) is 5.38 Å². The summed E-state index contributed by atoms with van der Waals surface area (Å²) in [5, 5.41) is 6.57. The van der Waals surface area contributed by atoms with Crippen molar-refractivity contribution in [2.24, 2.45) is 0 Å². The van der Waals surface area contributed by atoms with Gasteiger partial charge >= 0.3 is 0 Å². The van der Waals surface area contributed by atoms with Gasteiger partial charge in [0.15, 0.2) is 0 Å². The van der Waals surface area contributed by atoms with Crippen LogP contribution in [0.1, 0.15) is 36.9 Å². The molecule has 0 saturated carbocycles. The smallest absolute Gasteiger partial charge is 0.107 e. The van der Waals surface area contributed by atoms with Crippen LogP contribution >= 0.6 is 11.3 Å². The SMILES string of the molecule is CNCc1csc(CN2CCCCC2C)n1. The number of thiazole rings is 1. The van der Waals surface area contributed by atoms with Gasteiger partial charge in [-0.3, -0.25) is 4.90 Å². The van der Waals surface area contributed by atoms with Crippen LogP contribution in [0.25, 0.3) is 0 Å². The van der Waals surface area contributed by atoms with E-state index in [1.54, 1.807) is 11.3 Å². The molecule has 16 heavy (non-hydrogen) atoms. The topological polar surface area (TPSA) is 28.2 Å². The molecule has 1 aliphatic rings. The van der Waals surface area contributed by atoms with Crippen LogP contribution < -0.4 is 5.32 Å². The van der Waals surface area contributed by atoms with E-state index in [-0.39, 0.29) is 0 Å². The van der Waals surface area contributed by atoms with Crippen molar-refractivity contribution < 1.29 is 0 Å². The van der Waals surface area contributed by atoms with E-state index in [2.05, 4.69) is 27.5 Å². The van der Waals surface area contributed by atoms with Gasteiger partial charge in [-0.2, -0.15) is 0 Å². The molecule has 3 nitrogen and oxygen atoms in total. The Morgan fingerprint density at radius 2 is 2.44 bits per heavy atom. The van der Waals surface area contributed by atoms with Crippen molar-refractivity contribution in [1.29, 1.82) is 0 Å². The molecule has 1 unspecified atom stereocenters. The van der Waals surface area contributed by atoms with Crippen molar-refractivity contribution >= 4 is 11.3 Å². The minimum atomic E-state index is 0.727. The Morgan fingerprint density at radius 3 is 3.19 bits per heavy atom. The number of hydrogen-bond acceptors (Lipinski definition) is 4. The molecule has 0 aliphatic carbocycles. The Kier molecular flexibility index (Phi) is 4.32. The van der Waals surface area contributed by atoms with Gasteiger partial charge in [0.2, 0.25) is 0 Å². The first-order valence-electron chi connectivity index (χ1n) is 6.11. The Balaban J connectivity index is 1.91. The van der Waals surface area contributed by atoms with Gasteiger partial charge in [-0.05, 0) is 33.4 Å². The van der Waals surface area contributed by atoms with E-state index in [1.807, 2.05) is 7.05 Å². The maximum absolute atomic E-state index is 4.64. The third kappa shape index (κ3) is 3.03. The number of likely N-dealkylation sites (tertiary alicyclic amines) is 1. The summed E-state index contributed by atoms with van der Waals surface area (Å²) in [5.74, 6) is 0. The zero-order chi connectivity index (χ0) is 11.4. The summed E-state index contributed by atoms with van der Waals surface area (Å²) in [6, 6.07) is 0.727. The highest BCUT2D eigenvalue weighted by Crippen LogP contribution is 2.20. The molecular formula is C12H21N3S. The second kappa shape index (κ2) is 5.75. The molecule has 1 aliphatic heterocycles. The predicted molar refractivity (Wildman–Crippen MR) is 68.6 cm³/mol. The molecule has 0 radical (unpaired) electrons. The molecule has 90 valence electrons. The van der Waals surface area contributed by atoms with Crippen LogP contribution in [0, 0.1) is 0 Å². The van der Waals surface area contributed by atoms with Gasteiger partial charge in [0.25, 0.3) is 0 Å². The van der Waals surface area contributed by atoms with Crippen LogP contribution in [0.3, 0.4) is 0 Å². The lowest BCUT2D eigenvalue weighted by molar-refractivity contribution is 0.152. The van der Waals surface area contributed by atoms with E-state index in [0.717, 1.165) is 19.1 Å². The van der Waals surface area contributed by atoms with E-state index in [1.165, 1.54) is 36.5 Å². The van der Waals surface area contributed by atoms with Gasteiger partial charge in [0.05, 0.1) is 12.2 Å². The highest BCUT2D eigenvalue weighted by molar-refractivity contribution is 7.09. The van der Waals surface area contributed by atoms with E-state index in [4.69, 9.17) is 0 Å². The minimum absolute atomic E-state index is 0.727. The number of piperidine rings is 1. The summed E-state index contributed by atoms with van der Waals surface area (Å²) in [6.45, 7) is 5.49. The fourth-order valence-electron chi connectivity index (χ4n) is 2.25. The Hall–Kier alpha value is -0.450. The Labute approximate surface area is 102 Å². The van der Waals surface area contributed by atoms with Gasteiger partial charge in [0.1, 0.15) is 5.01 Å². The van der Waals surface area contributed by atoms with Crippen molar-refractivity contribution in [3.63, 3.8) is 0 Å². The lowest BCUT2D eigenvalue weighted by atomic mass is 10.0. The molecule has 0 bridgehead atoms. The van der Waals surface area contributed by atoms with Crippen LogP contribution in [-0.4, -0.2) is 29.5 Å². The summed E-state index contributed by atoms with van der Waals surface area (Å²) in [5.41, 5.74) is 1.17. The maximum atomic E-state index is 4.64. The summed E-state index contributed by atoms with van der Waals surface area (Å²) in [4.78, 5) is 7.20. The minimum Gasteiger partial charge on any atom is -0.314 e. The molecule has 2 rings (SSSR count). The van der Waals surface area contributed by atoms with Crippen LogP contribution in [-0.2, 0) is 13.1 Å². The lowest BCUT2D eigenvalue weighted by Gasteiger charge is -2.32.